The van der Waals surface area contributed by atoms with Gasteiger partial charge in [0.1, 0.15) is 12.4 Å². The quantitative estimate of drug-likeness (QED) is 0.512. The van der Waals surface area contributed by atoms with Crippen molar-refractivity contribution in [3.63, 3.8) is 0 Å². The molecule has 33 heavy (non-hydrogen) atoms. The fraction of sp³-hybridized carbons (Fsp3) is 0.636. The third kappa shape index (κ3) is 6.42. The summed E-state index contributed by atoms with van der Waals surface area (Å²) in [6, 6.07) is 0.432. The number of rotatable bonds is 8. The molecule has 0 spiro atoms. The molecular weight excluding hydrogens is 488 g/mol. The Kier molecular flexibility index (Phi) is 8.15. The molecule has 180 valence electrons. The SMILES string of the molecule is Cc1nn(C2CCN(C)CC2)cc1Nc1ncc(Br)c(NCCCN2CCCOCC2=O)n1. The zero-order chi connectivity index (χ0) is 23.2. The maximum Gasteiger partial charge on any atom is 0.248 e. The van der Waals surface area contributed by atoms with Gasteiger partial charge in [-0.25, -0.2) is 4.98 Å². The van der Waals surface area contributed by atoms with Crippen molar-refractivity contribution in [3.8, 4) is 0 Å². The standard InChI is InChI=1S/C22H33BrN8O2/c1-16-19(14-31(28-16)17-5-10-29(2)11-6-17)26-22-25-13-18(23)21(27-22)24-7-3-8-30-9-4-12-33-15-20(30)32/h13-14,17H,3-12,15H2,1-2H3,(H2,24,25,26,27). The van der Waals surface area contributed by atoms with Gasteiger partial charge in [-0.1, -0.05) is 0 Å². The maximum absolute atomic E-state index is 12.0. The van der Waals surface area contributed by atoms with E-state index in [1.165, 1.54) is 0 Å². The highest BCUT2D eigenvalue weighted by molar-refractivity contribution is 9.10. The number of carbonyl (C=O) groups excluding carboxylic acids is 1. The first-order chi connectivity index (χ1) is 16.0. The average Bonchev–Trinajstić information content (AvgIpc) is 3.03. The number of halogens is 1. The number of hydrogen-bond acceptors (Lipinski definition) is 8. The Balaban J connectivity index is 1.32. The summed E-state index contributed by atoms with van der Waals surface area (Å²) < 4.78 is 8.17. The molecule has 2 aliphatic heterocycles. The topological polar surface area (TPSA) is 100 Å². The summed E-state index contributed by atoms with van der Waals surface area (Å²) >= 11 is 3.52. The van der Waals surface area contributed by atoms with Crippen LogP contribution in [0.3, 0.4) is 0 Å². The molecule has 2 aliphatic rings. The molecule has 2 fully saturated rings. The number of aryl methyl sites for hydroxylation is 1. The fourth-order valence-corrected chi connectivity index (χ4v) is 4.50. The van der Waals surface area contributed by atoms with Gasteiger partial charge in [0.05, 0.1) is 21.9 Å². The molecule has 0 unspecified atom stereocenters. The monoisotopic (exact) mass is 520 g/mol. The van der Waals surface area contributed by atoms with E-state index >= 15 is 0 Å². The van der Waals surface area contributed by atoms with Gasteiger partial charge in [-0.2, -0.15) is 10.1 Å². The molecule has 2 saturated heterocycles. The first kappa shape index (κ1) is 23.9. The van der Waals surface area contributed by atoms with Gasteiger partial charge in [0.2, 0.25) is 11.9 Å². The predicted octanol–water partition coefficient (Wildman–Crippen LogP) is 2.81. The van der Waals surface area contributed by atoms with E-state index in [2.05, 4.69) is 59.4 Å². The van der Waals surface area contributed by atoms with Crippen molar-refractivity contribution >= 4 is 39.3 Å². The number of piperidine rings is 1. The second-order valence-corrected chi connectivity index (χ2v) is 9.58. The summed E-state index contributed by atoms with van der Waals surface area (Å²) in [5.74, 6) is 1.31. The second-order valence-electron chi connectivity index (χ2n) is 8.73. The van der Waals surface area contributed by atoms with Crippen molar-refractivity contribution in [1.82, 2.24) is 29.5 Å². The third-order valence-corrected chi connectivity index (χ3v) is 6.74. The number of hydrogen-bond donors (Lipinski definition) is 2. The first-order valence-corrected chi connectivity index (χ1v) is 12.4. The normalized spacial score (nSPS) is 18.4. The van der Waals surface area contributed by atoms with E-state index in [1.54, 1.807) is 6.20 Å². The Morgan fingerprint density at radius 3 is 2.91 bits per heavy atom. The minimum absolute atomic E-state index is 0.0679. The van der Waals surface area contributed by atoms with Crippen LogP contribution in [0.1, 0.15) is 37.4 Å². The number of nitrogens with zero attached hydrogens (tertiary/aromatic N) is 6. The Bertz CT molecular complexity index is 944. The van der Waals surface area contributed by atoms with Crippen LogP contribution in [0.25, 0.3) is 0 Å². The molecule has 11 heteroatoms. The summed E-state index contributed by atoms with van der Waals surface area (Å²) in [5, 5.41) is 11.4. The fourth-order valence-electron chi connectivity index (χ4n) is 4.17. The van der Waals surface area contributed by atoms with Gasteiger partial charge in [-0.05, 0) is 68.7 Å². The number of likely N-dealkylation sites (tertiary alicyclic amines) is 1. The van der Waals surface area contributed by atoms with Gasteiger partial charge in [-0.15, -0.1) is 0 Å². The van der Waals surface area contributed by atoms with Crippen LogP contribution in [0.5, 0.6) is 0 Å². The highest BCUT2D eigenvalue weighted by Gasteiger charge is 2.20. The minimum atomic E-state index is 0.0679. The Morgan fingerprint density at radius 1 is 1.27 bits per heavy atom. The second kappa shape index (κ2) is 11.3. The molecule has 0 bridgehead atoms. The van der Waals surface area contributed by atoms with E-state index in [9.17, 15) is 4.79 Å². The van der Waals surface area contributed by atoms with Gasteiger partial charge >= 0.3 is 0 Å². The lowest BCUT2D eigenvalue weighted by atomic mass is 10.1. The number of nitrogens with one attached hydrogen (secondary N) is 2. The lowest BCUT2D eigenvalue weighted by Crippen LogP contribution is -2.34. The molecule has 1 amide bonds. The molecule has 0 saturated carbocycles. The minimum Gasteiger partial charge on any atom is -0.372 e. The van der Waals surface area contributed by atoms with Crippen molar-refractivity contribution in [3.05, 3.63) is 22.6 Å². The molecule has 4 heterocycles. The van der Waals surface area contributed by atoms with Crippen LogP contribution in [0, 0.1) is 6.92 Å². The number of anilines is 3. The Hall–Kier alpha value is -2.24. The molecule has 2 aromatic heterocycles. The zero-order valence-electron chi connectivity index (χ0n) is 19.4. The van der Waals surface area contributed by atoms with Crippen LogP contribution in [-0.2, 0) is 9.53 Å². The molecule has 0 aliphatic carbocycles. The Labute approximate surface area is 203 Å². The molecule has 4 rings (SSSR count). The summed E-state index contributed by atoms with van der Waals surface area (Å²) in [7, 11) is 2.16. The predicted molar refractivity (Wildman–Crippen MR) is 131 cm³/mol. The van der Waals surface area contributed by atoms with E-state index in [0.29, 0.717) is 31.7 Å². The summed E-state index contributed by atoms with van der Waals surface area (Å²) in [6.45, 7) is 7.20. The van der Waals surface area contributed by atoms with E-state index in [0.717, 1.165) is 67.0 Å². The molecular formula is C22H33BrN8O2. The van der Waals surface area contributed by atoms with Crippen LogP contribution < -0.4 is 10.6 Å². The van der Waals surface area contributed by atoms with Gasteiger partial charge in [0.25, 0.3) is 0 Å². The Morgan fingerprint density at radius 2 is 2.09 bits per heavy atom. The van der Waals surface area contributed by atoms with E-state index in [-0.39, 0.29) is 12.5 Å². The average molecular weight is 521 g/mol. The smallest absolute Gasteiger partial charge is 0.248 e. The lowest BCUT2D eigenvalue weighted by Gasteiger charge is -2.28. The highest BCUT2D eigenvalue weighted by atomic mass is 79.9. The molecule has 0 atom stereocenters. The maximum atomic E-state index is 12.0. The molecule has 2 aromatic rings. The van der Waals surface area contributed by atoms with Gasteiger partial charge in [0.15, 0.2) is 0 Å². The number of ether oxygens (including phenoxy) is 1. The number of carbonyl (C=O) groups is 1. The lowest BCUT2D eigenvalue weighted by molar-refractivity contribution is -0.133. The molecule has 0 aromatic carbocycles. The van der Waals surface area contributed by atoms with E-state index < -0.39 is 0 Å². The largest absolute Gasteiger partial charge is 0.372 e. The first-order valence-electron chi connectivity index (χ1n) is 11.6. The highest BCUT2D eigenvalue weighted by Crippen LogP contribution is 2.26. The third-order valence-electron chi connectivity index (χ3n) is 6.16. The zero-order valence-corrected chi connectivity index (χ0v) is 21.0. The van der Waals surface area contributed by atoms with Crippen molar-refractivity contribution in [2.24, 2.45) is 0 Å². The van der Waals surface area contributed by atoms with E-state index in [4.69, 9.17) is 9.84 Å². The van der Waals surface area contributed by atoms with Crippen LogP contribution in [0.15, 0.2) is 16.9 Å². The van der Waals surface area contributed by atoms with Crippen molar-refractivity contribution in [2.75, 3.05) is 63.6 Å². The van der Waals surface area contributed by atoms with Crippen LogP contribution >= 0.6 is 15.9 Å². The summed E-state index contributed by atoms with van der Waals surface area (Å²) in [5.41, 5.74) is 1.85. The van der Waals surface area contributed by atoms with Gasteiger partial charge in [-0.3, -0.25) is 9.48 Å². The van der Waals surface area contributed by atoms with Gasteiger partial charge < -0.3 is 25.2 Å². The summed E-state index contributed by atoms with van der Waals surface area (Å²) in [4.78, 5) is 25.3. The van der Waals surface area contributed by atoms with Crippen molar-refractivity contribution in [2.45, 2.75) is 38.6 Å². The van der Waals surface area contributed by atoms with Crippen LogP contribution in [-0.4, -0.2) is 88.4 Å². The summed E-state index contributed by atoms with van der Waals surface area (Å²) in [6.07, 6.45) is 7.73. The van der Waals surface area contributed by atoms with Gasteiger partial charge in [0, 0.05) is 38.6 Å². The molecule has 0 radical (unpaired) electrons. The number of amides is 1. The van der Waals surface area contributed by atoms with E-state index in [1.807, 2.05) is 11.8 Å². The molecule has 2 N–H and O–H groups in total. The van der Waals surface area contributed by atoms with Crippen LogP contribution in [0.2, 0.25) is 0 Å². The molecule has 10 nitrogen and oxygen atoms in total. The number of aromatic nitrogens is 4. The van der Waals surface area contributed by atoms with Crippen LogP contribution in [0.4, 0.5) is 17.5 Å². The van der Waals surface area contributed by atoms with Crippen molar-refractivity contribution < 1.29 is 9.53 Å². The van der Waals surface area contributed by atoms with Crippen molar-refractivity contribution in [1.29, 1.82) is 0 Å².